The molecule has 6 nitrogen and oxygen atoms in total. The molecule has 1 saturated heterocycles. The molecule has 7 heteroatoms. The Hall–Kier alpha value is -2.47. The number of aromatic nitrogens is 1. The van der Waals surface area contributed by atoms with Crippen LogP contribution in [0, 0.1) is 6.92 Å². The van der Waals surface area contributed by atoms with E-state index in [-0.39, 0.29) is 0 Å². The lowest BCUT2D eigenvalue weighted by Crippen LogP contribution is -2.44. The molecule has 2 heterocycles. The number of hydrogen-bond donors (Lipinski definition) is 2. The van der Waals surface area contributed by atoms with Crippen LogP contribution in [0.5, 0.6) is 5.75 Å². The number of methoxy groups -OCH3 is 1. The van der Waals surface area contributed by atoms with Crippen molar-refractivity contribution in [2.45, 2.75) is 32.9 Å². The first-order valence-electron chi connectivity index (χ1n) is 9.65. The van der Waals surface area contributed by atoms with Gasteiger partial charge < -0.3 is 20.3 Å². The van der Waals surface area contributed by atoms with E-state index >= 15 is 0 Å². The van der Waals surface area contributed by atoms with E-state index in [1.807, 2.05) is 43.3 Å². The lowest BCUT2D eigenvalue weighted by atomic mass is 10.2. The number of pyridine rings is 1. The van der Waals surface area contributed by atoms with Crippen LogP contribution in [0.3, 0.4) is 0 Å². The van der Waals surface area contributed by atoms with Crippen LogP contribution in [-0.2, 0) is 6.54 Å². The summed E-state index contributed by atoms with van der Waals surface area (Å²) in [5.74, 6) is 1.66. The van der Waals surface area contributed by atoms with Gasteiger partial charge in [0, 0.05) is 36.4 Å². The first-order valence-corrected chi connectivity index (χ1v) is 10.0. The minimum Gasteiger partial charge on any atom is -0.495 e. The van der Waals surface area contributed by atoms with Gasteiger partial charge in [0.05, 0.1) is 25.0 Å². The second-order valence-electron chi connectivity index (χ2n) is 6.86. The number of ether oxygens (including phenoxy) is 1. The maximum absolute atomic E-state index is 6.19. The Kier molecular flexibility index (Phi) is 6.98. The van der Waals surface area contributed by atoms with Gasteiger partial charge in [0.2, 0.25) is 0 Å². The van der Waals surface area contributed by atoms with Crippen LogP contribution in [0.4, 0.5) is 5.69 Å². The van der Waals surface area contributed by atoms with Crippen molar-refractivity contribution >= 4 is 23.2 Å². The predicted molar refractivity (Wildman–Crippen MR) is 116 cm³/mol. The average molecular weight is 402 g/mol. The number of halogens is 1. The van der Waals surface area contributed by atoms with Gasteiger partial charge in [0.15, 0.2) is 5.96 Å². The van der Waals surface area contributed by atoms with E-state index < -0.39 is 0 Å². The molecule has 0 amide bonds. The topological polar surface area (TPSA) is 61.8 Å². The van der Waals surface area contributed by atoms with Crippen LogP contribution in [-0.4, -0.2) is 43.7 Å². The summed E-state index contributed by atoms with van der Waals surface area (Å²) >= 11 is 6.19. The molecule has 1 aliphatic heterocycles. The van der Waals surface area contributed by atoms with Gasteiger partial charge in [-0.15, -0.1) is 0 Å². The molecule has 1 aliphatic rings. The van der Waals surface area contributed by atoms with Crippen molar-refractivity contribution in [2.24, 2.45) is 4.99 Å². The highest BCUT2D eigenvalue weighted by atomic mass is 35.5. The number of aliphatic imine (C=N–C) groups is 1. The standard InChI is InChI=1S/C21H28ClN5O/c1-4-23-21(24-13-17-7-5-6-15(2)25-17)26-18-10-11-27(14-18)19-12-16(22)8-9-20(19)28-3/h5-9,12,18H,4,10-11,13-14H2,1-3H3,(H2,23,24,26). The zero-order valence-electron chi connectivity index (χ0n) is 16.7. The predicted octanol–water partition coefficient (Wildman–Crippen LogP) is 3.39. The zero-order chi connectivity index (χ0) is 19.9. The van der Waals surface area contributed by atoms with Crippen molar-refractivity contribution in [3.05, 3.63) is 52.8 Å². The Morgan fingerprint density at radius 2 is 2.21 bits per heavy atom. The number of benzene rings is 1. The molecule has 1 aromatic heterocycles. The van der Waals surface area contributed by atoms with Gasteiger partial charge in [-0.3, -0.25) is 4.98 Å². The van der Waals surface area contributed by atoms with Crippen LogP contribution in [0.1, 0.15) is 24.7 Å². The summed E-state index contributed by atoms with van der Waals surface area (Å²) < 4.78 is 5.50. The van der Waals surface area contributed by atoms with Crippen LogP contribution in [0.2, 0.25) is 5.02 Å². The Labute approximate surface area is 172 Å². The highest BCUT2D eigenvalue weighted by Crippen LogP contribution is 2.33. The summed E-state index contributed by atoms with van der Waals surface area (Å²) in [5.41, 5.74) is 3.01. The minimum atomic E-state index is 0.298. The van der Waals surface area contributed by atoms with E-state index in [1.165, 1.54) is 0 Å². The summed E-state index contributed by atoms with van der Waals surface area (Å²) in [6.07, 6.45) is 1.02. The number of anilines is 1. The van der Waals surface area contributed by atoms with E-state index in [9.17, 15) is 0 Å². The lowest BCUT2D eigenvalue weighted by Gasteiger charge is -2.22. The second kappa shape index (κ2) is 9.64. The van der Waals surface area contributed by atoms with Gasteiger partial charge in [0.1, 0.15) is 5.75 Å². The number of aryl methyl sites for hydroxylation is 1. The van der Waals surface area contributed by atoms with Crippen LogP contribution >= 0.6 is 11.6 Å². The van der Waals surface area contributed by atoms with E-state index in [0.29, 0.717) is 17.6 Å². The highest BCUT2D eigenvalue weighted by Gasteiger charge is 2.25. The summed E-state index contributed by atoms with van der Waals surface area (Å²) in [6, 6.07) is 12.0. The molecule has 0 radical (unpaired) electrons. The Bertz CT molecular complexity index is 826. The fourth-order valence-corrected chi connectivity index (χ4v) is 3.53. The molecule has 150 valence electrons. The SMILES string of the molecule is CCNC(=NCc1cccc(C)n1)NC1CCN(c2cc(Cl)ccc2OC)C1. The molecule has 0 aliphatic carbocycles. The number of rotatable bonds is 6. The molecule has 0 spiro atoms. The molecule has 1 fully saturated rings. The van der Waals surface area contributed by atoms with Crippen LogP contribution < -0.4 is 20.3 Å². The smallest absolute Gasteiger partial charge is 0.191 e. The third-order valence-electron chi connectivity index (χ3n) is 4.70. The quantitative estimate of drug-likeness (QED) is 0.574. The third kappa shape index (κ3) is 5.29. The maximum atomic E-state index is 6.19. The van der Waals surface area contributed by atoms with Gasteiger partial charge in [-0.05, 0) is 50.6 Å². The van der Waals surface area contributed by atoms with Crippen molar-refractivity contribution in [2.75, 3.05) is 31.6 Å². The molecule has 0 saturated carbocycles. The van der Waals surface area contributed by atoms with Crippen LogP contribution in [0.15, 0.2) is 41.4 Å². The first-order chi connectivity index (χ1) is 13.6. The molecule has 2 N–H and O–H groups in total. The van der Waals surface area contributed by atoms with Crippen molar-refractivity contribution in [1.29, 1.82) is 0 Å². The average Bonchev–Trinajstić information content (AvgIpc) is 3.15. The number of hydrogen-bond acceptors (Lipinski definition) is 4. The van der Waals surface area contributed by atoms with Gasteiger partial charge in [0.25, 0.3) is 0 Å². The first kappa shape index (κ1) is 20.3. The number of nitrogens with zero attached hydrogens (tertiary/aromatic N) is 3. The largest absolute Gasteiger partial charge is 0.495 e. The zero-order valence-corrected chi connectivity index (χ0v) is 17.5. The normalized spacial score (nSPS) is 16.9. The molecular weight excluding hydrogens is 374 g/mol. The molecule has 2 aromatic rings. The minimum absolute atomic E-state index is 0.298. The van der Waals surface area contributed by atoms with Crippen molar-refractivity contribution < 1.29 is 4.74 Å². The van der Waals surface area contributed by atoms with Crippen molar-refractivity contribution in [1.82, 2.24) is 15.6 Å². The fourth-order valence-electron chi connectivity index (χ4n) is 3.37. The number of guanidine groups is 1. The monoisotopic (exact) mass is 401 g/mol. The molecule has 1 atom stereocenters. The Balaban J connectivity index is 1.65. The van der Waals surface area contributed by atoms with E-state index in [0.717, 1.165) is 54.8 Å². The van der Waals surface area contributed by atoms with E-state index in [2.05, 4.69) is 27.4 Å². The fraction of sp³-hybridized carbons (Fsp3) is 0.429. The van der Waals surface area contributed by atoms with Gasteiger partial charge in [-0.25, -0.2) is 4.99 Å². The number of nitrogens with one attached hydrogen (secondary N) is 2. The van der Waals surface area contributed by atoms with E-state index in [4.69, 9.17) is 21.3 Å². The second-order valence-corrected chi connectivity index (χ2v) is 7.29. The van der Waals surface area contributed by atoms with Gasteiger partial charge in [-0.1, -0.05) is 17.7 Å². The lowest BCUT2D eigenvalue weighted by molar-refractivity contribution is 0.415. The Morgan fingerprint density at radius 3 is 2.96 bits per heavy atom. The van der Waals surface area contributed by atoms with Gasteiger partial charge >= 0.3 is 0 Å². The molecule has 3 rings (SSSR count). The van der Waals surface area contributed by atoms with E-state index in [1.54, 1.807) is 7.11 Å². The van der Waals surface area contributed by atoms with Crippen LogP contribution in [0.25, 0.3) is 0 Å². The van der Waals surface area contributed by atoms with Gasteiger partial charge in [-0.2, -0.15) is 0 Å². The highest BCUT2D eigenvalue weighted by molar-refractivity contribution is 6.30. The summed E-state index contributed by atoms with van der Waals surface area (Å²) in [7, 11) is 1.69. The molecular formula is C21H28ClN5O. The summed E-state index contributed by atoms with van der Waals surface area (Å²) in [5, 5.41) is 7.59. The maximum Gasteiger partial charge on any atom is 0.191 e. The summed E-state index contributed by atoms with van der Waals surface area (Å²) in [4.78, 5) is 11.5. The molecule has 28 heavy (non-hydrogen) atoms. The molecule has 1 unspecified atom stereocenters. The third-order valence-corrected chi connectivity index (χ3v) is 4.94. The Morgan fingerprint density at radius 1 is 1.36 bits per heavy atom. The van der Waals surface area contributed by atoms with Crippen molar-refractivity contribution in [3.63, 3.8) is 0 Å². The summed E-state index contributed by atoms with van der Waals surface area (Å²) in [6.45, 7) is 7.23. The molecule has 0 bridgehead atoms. The van der Waals surface area contributed by atoms with Crippen molar-refractivity contribution in [3.8, 4) is 5.75 Å². The molecule has 1 aromatic carbocycles.